The Morgan fingerprint density at radius 2 is 1.81 bits per heavy atom. The van der Waals surface area contributed by atoms with Gasteiger partial charge >= 0.3 is 0 Å². The fourth-order valence-corrected chi connectivity index (χ4v) is 6.31. The number of nitrogens with one attached hydrogen (secondary N) is 1. The highest BCUT2D eigenvalue weighted by Crippen LogP contribution is 2.56. The normalized spacial score (nSPS) is 38.5. The zero-order chi connectivity index (χ0) is 18.4. The molecule has 0 aromatic heterocycles. The molecule has 1 aromatic carbocycles. The molecule has 1 aromatic rings. The van der Waals surface area contributed by atoms with Crippen LogP contribution in [0.4, 0.5) is 4.39 Å². The van der Waals surface area contributed by atoms with Crippen LogP contribution in [0.25, 0.3) is 0 Å². The molecule has 3 nitrogen and oxygen atoms in total. The van der Waals surface area contributed by atoms with Crippen LogP contribution in [-0.4, -0.2) is 36.0 Å². The van der Waals surface area contributed by atoms with E-state index in [1.54, 1.807) is 6.07 Å². The predicted molar refractivity (Wildman–Crippen MR) is 104 cm³/mol. The minimum atomic E-state index is -0.173. The number of carbonyl (C=O) groups is 1. The molecule has 0 spiro atoms. The topological polar surface area (TPSA) is 32.3 Å². The Hall–Kier alpha value is -1.42. The number of likely N-dealkylation sites (tertiary alicyclic amines) is 1. The number of rotatable bonds is 2. The lowest BCUT2D eigenvalue weighted by Crippen LogP contribution is -2.47. The number of amides is 1. The fourth-order valence-electron chi connectivity index (χ4n) is 6.31. The number of fused-ring (bicyclic) bond motifs is 2. The first kappa shape index (κ1) is 17.7. The van der Waals surface area contributed by atoms with Gasteiger partial charge in [-0.25, -0.2) is 4.39 Å². The van der Waals surface area contributed by atoms with Gasteiger partial charge in [0.15, 0.2) is 0 Å². The number of benzene rings is 1. The van der Waals surface area contributed by atoms with Crippen molar-refractivity contribution in [2.75, 3.05) is 13.1 Å². The Kier molecular flexibility index (Phi) is 4.71. The van der Waals surface area contributed by atoms with Crippen molar-refractivity contribution in [2.24, 2.45) is 17.8 Å². The van der Waals surface area contributed by atoms with Gasteiger partial charge < -0.3 is 10.2 Å². The molecule has 2 aliphatic heterocycles. The number of carbonyl (C=O) groups excluding carboxylic acids is 1. The van der Waals surface area contributed by atoms with Gasteiger partial charge in [-0.3, -0.25) is 4.79 Å². The molecule has 4 heteroatoms. The lowest BCUT2D eigenvalue weighted by atomic mass is 9.88. The van der Waals surface area contributed by atoms with Crippen molar-refractivity contribution in [3.05, 3.63) is 35.6 Å². The molecular formula is C23H31FN2O. The van der Waals surface area contributed by atoms with Gasteiger partial charge in [-0.05, 0) is 61.8 Å². The molecule has 2 saturated heterocycles. The van der Waals surface area contributed by atoms with Crippen LogP contribution >= 0.6 is 0 Å². The lowest BCUT2D eigenvalue weighted by molar-refractivity contribution is -0.134. The summed E-state index contributed by atoms with van der Waals surface area (Å²) in [5.74, 6) is 2.02. The highest BCUT2D eigenvalue weighted by Gasteiger charge is 2.58. The third kappa shape index (κ3) is 3.20. The maximum atomic E-state index is 13.9. The zero-order valence-corrected chi connectivity index (χ0v) is 16.1. The Labute approximate surface area is 161 Å². The monoisotopic (exact) mass is 370 g/mol. The first-order valence-corrected chi connectivity index (χ1v) is 11.0. The van der Waals surface area contributed by atoms with Crippen LogP contribution in [-0.2, 0) is 4.79 Å². The molecule has 2 aliphatic carbocycles. The molecule has 2 heterocycles. The Bertz CT molecular complexity index is 695. The first-order valence-electron chi connectivity index (χ1n) is 11.0. The van der Waals surface area contributed by atoms with E-state index in [1.807, 2.05) is 12.1 Å². The SMILES string of the molecule is O=C(C1[C@H]2CCCC[C@@H]12)N1C[C@@H](c2cccc(F)c2)[C@@H]2NCCCCC[C@H]21. The molecule has 1 amide bonds. The van der Waals surface area contributed by atoms with E-state index < -0.39 is 0 Å². The number of halogens is 1. The highest BCUT2D eigenvalue weighted by molar-refractivity contribution is 5.83. The van der Waals surface area contributed by atoms with Crippen LogP contribution in [0.1, 0.15) is 62.8 Å². The summed E-state index contributed by atoms with van der Waals surface area (Å²) in [6.07, 6.45) is 9.78. The quantitative estimate of drug-likeness (QED) is 0.850. The van der Waals surface area contributed by atoms with Gasteiger partial charge in [0.2, 0.25) is 5.91 Å². The summed E-state index contributed by atoms with van der Waals surface area (Å²) in [5, 5.41) is 3.74. The van der Waals surface area contributed by atoms with E-state index in [2.05, 4.69) is 10.2 Å². The largest absolute Gasteiger partial charge is 0.337 e. The molecule has 27 heavy (non-hydrogen) atoms. The molecule has 2 saturated carbocycles. The minimum absolute atomic E-state index is 0.173. The summed E-state index contributed by atoms with van der Waals surface area (Å²) in [6.45, 7) is 1.75. The second-order valence-corrected chi connectivity index (χ2v) is 9.19. The summed E-state index contributed by atoms with van der Waals surface area (Å²) in [7, 11) is 0. The maximum Gasteiger partial charge on any atom is 0.226 e. The van der Waals surface area contributed by atoms with Gasteiger partial charge in [0.05, 0.1) is 0 Å². The smallest absolute Gasteiger partial charge is 0.226 e. The first-order chi connectivity index (χ1) is 13.2. The van der Waals surface area contributed by atoms with E-state index in [4.69, 9.17) is 0 Å². The van der Waals surface area contributed by atoms with E-state index in [0.29, 0.717) is 17.7 Å². The summed E-state index contributed by atoms with van der Waals surface area (Å²) < 4.78 is 13.9. The van der Waals surface area contributed by atoms with Crippen LogP contribution in [0.5, 0.6) is 0 Å². The fraction of sp³-hybridized carbons (Fsp3) is 0.696. The van der Waals surface area contributed by atoms with Crippen molar-refractivity contribution in [2.45, 2.75) is 69.4 Å². The van der Waals surface area contributed by atoms with Crippen LogP contribution in [0.3, 0.4) is 0 Å². The van der Waals surface area contributed by atoms with Crippen molar-refractivity contribution in [3.8, 4) is 0 Å². The number of nitrogens with zero attached hydrogens (tertiary/aromatic N) is 1. The zero-order valence-electron chi connectivity index (χ0n) is 16.1. The predicted octanol–water partition coefficient (Wildman–Crippen LogP) is 4.09. The van der Waals surface area contributed by atoms with Crippen LogP contribution in [0.2, 0.25) is 0 Å². The van der Waals surface area contributed by atoms with E-state index in [9.17, 15) is 9.18 Å². The van der Waals surface area contributed by atoms with Crippen molar-refractivity contribution in [1.82, 2.24) is 10.2 Å². The van der Waals surface area contributed by atoms with E-state index in [0.717, 1.165) is 25.1 Å². The molecule has 0 radical (unpaired) electrons. The second-order valence-electron chi connectivity index (χ2n) is 9.19. The summed E-state index contributed by atoms with van der Waals surface area (Å²) in [4.78, 5) is 15.7. The van der Waals surface area contributed by atoms with Gasteiger partial charge in [0.1, 0.15) is 5.82 Å². The average molecular weight is 371 g/mol. The van der Waals surface area contributed by atoms with Crippen LogP contribution in [0.15, 0.2) is 24.3 Å². The molecule has 4 fully saturated rings. The molecule has 1 unspecified atom stereocenters. The van der Waals surface area contributed by atoms with Crippen LogP contribution in [0, 0.1) is 23.6 Å². The lowest BCUT2D eigenvalue weighted by Gasteiger charge is -2.31. The van der Waals surface area contributed by atoms with Gasteiger partial charge in [0, 0.05) is 30.5 Å². The van der Waals surface area contributed by atoms with E-state index >= 15 is 0 Å². The maximum absolute atomic E-state index is 13.9. The molecule has 6 atom stereocenters. The third-order valence-corrected chi connectivity index (χ3v) is 7.70. The second kappa shape index (κ2) is 7.20. The van der Waals surface area contributed by atoms with E-state index in [-0.39, 0.29) is 29.7 Å². The third-order valence-electron chi connectivity index (χ3n) is 7.70. The summed E-state index contributed by atoms with van der Waals surface area (Å²) in [6, 6.07) is 7.57. The number of hydrogen-bond donors (Lipinski definition) is 1. The highest BCUT2D eigenvalue weighted by atomic mass is 19.1. The van der Waals surface area contributed by atoms with E-state index in [1.165, 1.54) is 51.0 Å². The van der Waals surface area contributed by atoms with Gasteiger partial charge in [-0.2, -0.15) is 0 Å². The summed E-state index contributed by atoms with van der Waals surface area (Å²) in [5.41, 5.74) is 1.04. The van der Waals surface area contributed by atoms with Crippen molar-refractivity contribution in [3.63, 3.8) is 0 Å². The van der Waals surface area contributed by atoms with Crippen LogP contribution < -0.4 is 5.32 Å². The molecule has 1 N–H and O–H groups in total. The van der Waals surface area contributed by atoms with Crippen molar-refractivity contribution in [1.29, 1.82) is 0 Å². The minimum Gasteiger partial charge on any atom is -0.337 e. The molecule has 0 bridgehead atoms. The van der Waals surface area contributed by atoms with Crippen molar-refractivity contribution < 1.29 is 9.18 Å². The van der Waals surface area contributed by atoms with Gasteiger partial charge in [-0.1, -0.05) is 37.8 Å². The van der Waals surface area contributed by atoms with Crippen molar-refractivity contribution >= 4 is 5.91 Å². The van der Waals surface area contributed by atoms with Gasteiger partial charge in [-0.15, -0.1) is 0 Å². The Morgan fingerprint density at radius 1 is 1.04 bits per heavy atom. The molecule has 4 aliphatic rings. The Morgan fingerprint density at radius 3 is 2.59 bits per heavy atom. The molecule has 5 rings (SSSR count). The number of hydrogen-bond acceptors (Lipinski definition) is 2. The molecule has 146 valence electrons. The summed E-state index contributed by atoms with van der Waals surface area (Å²) >= 11 is 0. The molecular weight excluding hydrogens is 339 g/mol. The Balaban J connectivity index is 1.41. The standard InChI is InChI=1S/C23H31FN2O/c24-16-8-6-7-15(13-16)19-14-26(20-11-2-1-5-12-25-22(19)20)23(27)21-17-9-3-4-10-18(17)21/h6-8,13,17-22,25H,1-5,9-12,14H2/t17-,18+,19-,20+,21?,22-/m0/s1. The average Bonchev–Trinajstić information content (AvgIpc) is 3.28. The van der Waals surface area contributed by atoms with Gasteiger partial charge in [0.25, 0.3) is 0 Å².